The van der Waals surface area contributed by atoms with Gasteiger partial charge in [0.05, 0.1) is 18.1 Å². The molecule has 0 unspecified atom stereocenters. The molecular weight excluding hydrogens is 252 g/mol. The van der Waals surface area contributed by atoms with E-state index in [9.17, 15) is 4.79 Å². The summed E-state index contributed by atoms with van der Waals surface area (Å²) in [4.78, 5) is 12.4. The molecule has 3 heteroatoms. The van der Waals surface area contributed by atoms with E-state index >= 15 is 0 Å². The summed E-state index contributed by atoms with van der Waals surface area (Å²) in [5.74, 6) is 1.65. The molecule has 3 aliphatic rings. The summed E-state index contributed by atoms with van der Waals surface area (Å²) in [5, 5.41) is 0. The molecule has 112 valence electrons. The molecule has 0 N–H and O–H groups in total. The maximum absolute atomic E-state index is 12.4. The molecule has 2 heterocycles. The molecule has 0 radical (unpaired) electrons. The number of carbonyl (C=O) groups excluding carboxylic acids is 1. The number of ether oxygens (including phenoxy) is 2. The van der Waals surface area contributed by atoms with Gasteiger partial charge in [0, 0.05) is 0 Å². The summed E-state index contributed by atoms with van der Waals surface area (Å²) in [6.07, 6.45) is 8.56. The fourth-order valence-electron chi connectivity index (χ4n) is 3.99. The van der Waals surface area contributed by atoms with Gasteiger partial charge in [-0.1, -0.05) is 39.3 Å². The quantitative estimate of drug-likeness (QED) is 0.587. The van der Waals surface area contributed by atoms with Gasteiger partial charge in [-0.25, -0.2) is 0 Å². The Morgan fingerprint density at radius 1 is 1.25 bits per heavy atom. The van der Waals surface area contributed by atoms with Crippen LogP contribution in [0.5, 0.6) is 0 Å². The van der Waals surface area contributed by atoms with Crippen molar-refractivity contribution in [3.05, 3.63) is 12.2 Å². The smallest absolute Gasteiger partial charge is 0.312 e. The average Bonchev–Trinajstić information content (AvgIpc) is 3.00. The molecule has 1 aliphatic carbocycles. The van der Waals surface area contributed by atoms with Gasteiger partial charge in [-0.05, 0) is 37.0 Å². The molecule has 0 aromatic rings. The lowest BCUT2D eigenvalue weighted by Crippen LogP contribution is -2.38. The van der Waals surface area contributed by atoms with Crippen molar-refractivity contribution in [1.82, 2.24) is 0 Å². The second-order valence-corrected chi connectivity index (χ2v) is 7.17. The maximum atomic E-state index is 12.4. The number of carbonyl (C=O) groups is 1. The molecule has 0 aromatic heterocycles. The maximum Gasteiger partial charge on any atom is 0.312 e. The molecule has 2 fully saturated rings. The molecular formula is C17H26O3. The van der Waals surface area contributed by atoms with Crippen LogP contribution in [-0.4, -0.2) is 24.3 Å². The molecule has 0 amide bonds. The zero-order chi connectivity index (χ0) is 14.3. The minimum atomic E-state index is -0.0740. The summed E-state index contributed by atoms with van der Waals surface area (Å²) >= 11 is 0. The summed E-state index contributed by atoms with van der Waals surface area (Å²) < 4.78 is 11.6. The van der Waals surface area contributed by atoms with Gasteiger partial charge in [0.2, 0.25) is 0 Å². The number of fused-ring (bicyclic) bond motifs is 2. The Morgan fingerprint density at radius 2 is 2.05 bits per heavy atom. The zero-order valence-electron chi connectivity index (χ0n) is 12.7. The normalized spacial score (nSPS) is 43.2. The Balaban J connectivity index is 1.63. The number of hydrogen-bond acceptors (Lipinski definition) is 3. The van der Waals surface area contributed by atoms with E-state index in [4.69, 9.17) is 9.47 Å². The van der Waals surface area contributed by atoms with Crippen LogP contribution in [0.2, 0.25) is 0 Å². The highest BCUT2D eigenvalue weighted by Crippen LogP contribution is 2.38. The van der Waals surface area contributed by atoms with Crippen LogP contribution >= 0.6 is 0 Å². The van der Waals surface area contributed by atoms with E-state index in [1.165, 1.54) is 12.8 Å². The summed E-state index contributed by atoms with van der Waals surface area (Å²) in [6.45, 7) is 6.75. The number of rotatable bonds is 3. The minimum Gasteiger partial charge on any atom is -0.462 e. The van der Waals surface area contributed by atoms with E-state index in [1.54, 1.807) is 0 Å². The average molecular weight is 278 g/mol. The lowest BCUT2D eigenvalue weighted by molar-refractivity contribution is -0.162. The third-order valence-corrected chi connectivity index (χ3v) is 5.26. The van der Waals surface area contributed by atoms with E-state index < -0.39 is 0 Å². The van der Waals surface area contributed by atoms with Gasteiger partial charge in [-0.15, -0.1) is 0 Å². The Morgan fingerprint density at radius 3 is 2.65 bits per heavy atom. The van der Waals surface area contributed by atoms with Crippen LogP contribution in [0.4, 0.5) is 0 Å². The highest BCUT2D eigenvalue weighted by Gasteiger charge is 2.43. The molecule has 1 saturated heterocycles. The molecule has 3 rings (SSSR count). The lowest BCUT2D eigenvalue weighted by Gasteiger charge is -2.37. The molecule has 3 nitrogen and oxygen atoms in total. The summed E-state index contributed by atoms with van der Waals surface area (Å²) in [5.41, 5.74) is 0. The van der Waals surface area contributed by atoms with E-state index in [1.807, 2.05) is 6.08 Å². The Hall–Kier alpha value is -0.830. The van der Waals surface area contributed by atoms with Crippen LogP contribution in [0, 0.1) is 23.7 Å². The van der Waals surface area contributed by atoms with Crippen molar-refractivity contribution in [2.45, 2.75) is 64.8 Å². The van der Waals surface area contributed by atoms with Crippen LogP contribution in [0.1, 0.15) is 46.5 Å². The van der Waals surface area contributed by atoms with Gasteiger partial charge >= 0.3 is 5.97 Å². The second-order valence-electron chi connectivity index (χ2n) is 7.17. The summed E-state index contributed by atoms with van der Waals surface area (Å²) in [7, 11) is 0. The Kier molecular flexibility index (Phi) is 3.89. The van der Waals surface area contributed by atoms with Crippen molar-refractivity contribution >= 4 is 5.97 Å². The first-order chi connectivity index (χ1) is 9.54. The highest BCUT2D eigenvalue weighted by molar-refractivity contribution is 5.74. The number of hydrogen-bond donors (Lipinski definition) is 0. The first-order valence-electron chi connectivity index (χ1n) is 8.09. The topological polar surface area (TPSA) is 35.5 Å². The first kappa shape index (κ1) is 14.1. The zero-order valence-corrected chi connectivity index (χ0v) is 12.7. The van der Waals surface area contributed by atoms with Crippen molar-refractivity contribution in [3.8, 4) is 0 Å². The third-order valence-electron chi connectivity index (χ3n) is 5.26. The van der Waals surface area contributed by atoms with Crippen molar-refractivity contribution < 1.29 is 14.3 Å². The molecule has 0 aromatic carbocycles. The van der Waals surface area contributed by atoms with Crippen LogP contribution in [0.3, 0.4) is 0 Å². The molecule has 20 heavy (non-hydrogen) atoms. The molecule has 1 saturated carbocycles. The van der Waals surface area contributed by atoms with Gasteiger partial charge in [0.1, 0.15) is 6.10 Å². The van der Waals surface area contributed by atoms with Gasteiger partial charge in [0.15, 0.2) is 0 Å². The van der Waals surface area contributed by atoms with E-state index in [0.717, 1.165) is 12.8 Å². The Labute approximate surface area is 121 Å². The van der Waals surface area contributed by atoms with Crippen LogP contribution < -0.4 is 0 Å². The monoisotopic (exact) mass is 278 g/mol. The first-order valence-corrected chi connectivity index (χ1v) is 8.09. The van der Waals surface area contributed by atoms with Crippen LogP contribution in [0.15, 0.2) is 12.2 Å². The van der Waals surface area contributed by atoms with Crippen molar-refractivity contribution in [2.75, 3.05) is 0 Å². The standard InChI is InChI=1S/C17H26O3/c1-10(2)13-6-4-11(3)8-16(13)20-17(18)14-9-12-5-7-15(14)19-12/h5,7,10-16H,4,6,8-9H2,1-3H3/t11-,12-,13+,14+,15+,16-/m1/s1. The fraction of sp³-hybridized carbons (Fsp3) is 0.824. The van der Waals surface area contributed by atoms with Crippen LogP contribution in [0.25, 0.3) is 0 Å². The van der Waals surface area contributed by atoms with Gasteiger partial charge < -0.3 is 9.47 Å². The molecule has 6 atom stereocenters. The highest BCUT2D eigenvalue weighted by atomic mass is 16.6. The molecule has 2 bridgehead atoms. The minimum absolute atomic E-state index is 0.0356. The van der Waals surface area contributed by atoms with Gasteiger partial charge in [-0.3, -0.25) is 4.79 Å². The van der Waals surface area contributed by atoms with Crippen molar-refractivity contribution in [3.63, 3.8) is 0 Å². The second kappa shape index (κ2) is 5.51. The van der Waals surface area contributed by atoms with E-state index in [-0.39, 0.29) is 30.2 Å². The largest absolute Gasteiger partial charge is 0.462 e. The van der Waals surface area contributed by atoms with E-state index in [2.05, 4.69) is 26.8 Å². The van der Waals surface area contributed by atoms with E-state index in [0.29, 0.717) is 17.8 Å². The predicted octanol–water partition coefficient (Wildman–Crippen LogP) is 3.33. The predicted molar refractivity (Wildman–Crippen MR) is 77.1 cm³/mol. The molecule has 2 aliphatic heterocycles. The van der Waals surface area contributed by atoms with Gasteiger partial charge in [0.25, 0.3) is 0 Å². The molecule has 0 spiro atoms. The third kappa shape index (κ3) is 2.65. The van der Waals surface area contributed by atoms with Gasteiger partial charge in [-0.2, -0.15) is 0 Å². The number of esters is 1. The van der Waals surface area contributed by atoms with Crippen LogP contribution in [-0.2, 0) is 14.3 Å². The SMILES string of the molecule is CC(C)[C@@H]1CC[C@@H](C)C[C@H]1OC(=O)[C@H]1C[C@H]2C=C[C@@H]1O2. The van der Waals surface area contributed by atoms with Crippen molar-refractivity contribution in [1.29, 1.82) is 0 Å². The fourth-order valence-corrected chi connectivity index (χ4v) is 3.99. The summed E-state index contributed by atoms with van der Waals surface area (Å²) in [6, 6.07) is 0. The Bertz CT molecular complexity index is 401. The van der Waals surface area contributed by atoms with Crippen molar-refractivity contribution in [2.24, 2.45) is 23.7 Å². The lowest BCUT2D eigenvalue weighted by atomic mass is 9.75.